The SMILES string of the molecule is O=S(=O)(c1ccc2c(c1)OCC1NCCC21)c1cccc2ccccc12. The van der Waals surface area contributed by atoms with Gasteiger partial charge in [0.2, 0.25) is 9.84 Å². The number of benzene rings is 3. The number of hydrogen-bond acceptors (Lipinski definition) is 4. The molecule has 1 N–H and O–H groups in total. The van der Waals surface area contributed by atoms with E-state index in [4.69, 9.17) is 4.74 Å². The van der Waals surface area contributed by atoms with Crippen LogP contribution in [0, 0.1) is 0 Å². The zero-order chi connectivity index (χ0) is 17.7. The van der Waals surface area contributed by atoms with Gasteiger partial charge < -0.3 is 10.1 Å². The van der Waals surface area contributed by atoms with Gasteiger partial charge in [0.1, 0.15) is 12.4 Å². The number of ether oxygens (including phenoxy) is 1. The summed E-state index contributed by atoms with van der Waals surface area (Å²) < 4.78 is 32.5. The first-order valence-corrected chi connectivity index (χ1v) is 10.4. The van der Waals surface area contributed by atoms with Gasteiger partial charge in [0, 0.05) is 17.3 Å². The van der Waals surface area contributed by atoms with Crippen molar-refractivity contribution in [1.29, 1.82) is 0 Å². The van der Waals surface area contributed by atoms with Crippen LogP contribution in [-0.4, -0.2) is 27.6 Å². The second kappa shape index (κ2) is 5.83. The van der Waals surface area contributed by atoms with Crippen molar-refractivity contribution in [2.24, 2.45) is 0 Å². The third-order valence-corrected chi connectivity index (χ3v) is 7.31. The average molecular weight is 365 g/mol. The maximum Gasteiger partial charge on any atom is 0.207 e. The van der Waals surface area contributed by atoms with Crippen molar-refractivity contribution in [3.05, 3.63) is 66.2 Å². The van der Waals surface area contributed by atoms with Crippen LogP contribution < -0.4 is 10.1 Å². The summed E-state index contributed by atoms with van der Waals surface area (Å²) in [7, 11) is -3.62. The van der Waals surface area contributed by atoms with Gasteiger partial charge >= 0.3 is 0 Å². The van der Waals surface area contributed by atoms with Gasteiger partial charge in [0.05, 0.1) is 9.79 Å². The largest absolute Gasteiger partial charge is 0.492 e. The predicted octanol–water partition coefficient (Wildman–Crippen LogP) is 3.51. The van der Waals surface area contributed by atoms with Gasteiger partial charge in [0.25, 0.3) is 0 Å². The molecule has 0 aromatic heterocycles. The molecule has 2 unspecified atom stereocenters. The van der Waals surface area contributed by atoms with Crippen molar-refractivity contribution < 1.29 is 13.2 Å². The Morgan fingerprint density at radius 1 is 1.00 bits per heavy atom. The summed E-state index contributed by atoms with van der Waals surface area (Å²) in [6, 6.07) is 18.6. The minimum Gasteiger partial charge on any atom is -0.492 e. The van der Waals surface area contributed by atoms with Crippen LogP contribution in [0.4, 0.5) is 0 Å². The van der Waals surface area contributed by atoms with Gasteiger partial charge in [0.15, 0.2) is 0 Å². The zero-order valence-electron chi connectivity index (χ0n) is 14.2. The van der Waals surface area contributed by atoms with E-state index in [2.05, 4.69) is 5.32 Å². The topological polar surface area (TPSA) is 55.4 Å². The van der Waals surface area contributed by atoms with E-state index in [1.165, 1.54) is 0 Å². The normalized spacial score (nSPS) is 21.8. The number of nitrogens with one attached hydrogen (secondary N) is 1. The number of sulfone groups is 1. The molecule has 0 spiro atoms. The van der Waals surface area contributed by atoms with Gasteiger partial charge in [-0.3, -0.25) is 0 Å². The third-order valence-electron chi connectivity index (χ3n) is 5.50. The molecule has 5 rings (SSSR count). The third kappa shape index (κ3) is 2.35. The zero-order valence-corrected chi connectivity index (χ0v) is 15.0. The van der Waals surface area contributed by atoms with E-state index >= 15 is 0 Å². The molecule has 5 heteroatoms. The van der Waals surface area contributed by atoms with Gasteiger partial charge in [-0.1, -0.05) is 42.5 Å². The molecule has 1 saturated heterocycles. The fourth-order valence-electron chi connectivity index (χ4n) is 4.16. The Bertz CT molecular complexity index is 1100. The minimum absolute atomic E-state index is 0.289. The van der Waals surface area contributed by atoms with Gasteiger partial charge in [-0.25, -0.2) is 8.42 Å². The highest BCUT2D eigenvalue weighted by Gasteiger charge is 2.35. The molecule has 0 amide bonds. The van der Waals surface area contributed by atoms with Gasteiger partial charge in [-0.05, 0) is 42.1 Å². The molecule has 3 aromatic carbocycles. The molecule has 2 heterocycles. The number of hydrogen-bond donors (Lipinski definition) is 1. The maximum atomic E-state index is 13.3. The molecule has 0 saturated carbocycles. The van der Waals surface area contributed by atoms with E-state index in [9.17, 15) is 8.42 Å². The first-order valence-electron chi connectivity index (χ1n) is 8.87. The van der Waals surface area contributed by atoms with Crippen molar-refractivity contribution in [3.8, 4) is 5.75 Å². The summed E-state index contributed by atoms with van der Waals surface area (Å²) in [5.41, 5.74) is 1.11. The van der Waals surface area contributed by atoms with Crippen LogP contribution >= 0.6 is 0 Å². The van der Waals surface area contributed by atoms with Crippen molar-refractivity contribution in [1.82, 2.24) is 5.32 Å². The fraction of sp³-hybridized carbons (Fsp3) is 0.238. The molecule has 2 aliphatic rings. The lowest BCUT2D eigenvalue weighted by atomic mass is 9.90. The summed E-state index contributed by atoms with van der Waals surface area (Å²) in [5.74, 6) is 1.12. The van der Waals surface area contributed by atoms with Crippen LogP contribution in [0.15, 0.2) is 70.5 Å². The van der Waals surface area contributed by atoms with Gasteiger partial charge in [-0.15, -0.1) is 0 Å². The molecule has 0 aliphatic carbocycles. The lowest BCUT2D eigenvalue weighted by molar-refractivity contribution is 0.238. The molecule has 1 fully saturated rings. The molecule has 0 bridgehead atoms. The Morgan fingerprint density at radius 3 is 2.77 bits per heavy atom. The first kappa shape index (κ1) is 15.9. The van der Waals surface area contributed by atoms with E-state index in [-0.39, 0.29) is 4.90 Å². The molecular weight excluding hydrogens is 346 g/mol. The summed E-state index contributed by atoms with van der Waals surface area (Å²) in [4.78, 5) is 0.628. The van der Waals surface area contributed by atoms with Crippen LogP contribution in [0.25, 0.3) is 10.8 Å². The quantitative estimate of drug-likeness (QED) is 0.755. The minimum atomic E-state index is -3.62. The molecule has 3 aromatic rings. The Hall–Kier alpha value is -2.37. The molecule has 132 valence electrons. The summed E-state index contributed by atoms with van der Waals surface area (Å²) in [6.07, 6.45) is 1.07. The fourth-order valence-corrected chi connectivity index (χ4v) is 5.66. The Morgan fingerprint density at radius 2 is 1.85 bits per heavy atom. The van der Waals surface area contributed by atoms with E-state index < -0.39 is 9.84 Å². The van der Waals surface area contributed by atoms with Crippen molar-refractivity contribution in [2.45, 2.75) is 28.2 Å². The monoisotopic (exact) mass is 365 g/mol. The standard InChI is InChI=1S/C21H19NO3S/c23-26(24,21-7-3-5-14-4-1-2-6-16(14)21)15-8-9-18-17-10-11-22-19(17)13-25-20(18)12-15/h1-9,12,17,19,22H,10-11,13H2. The molecular formula is C21H19NO3S. The molecule has 4 nitrogen and oxygen atoms in total. The molecule has 2 aliphatic heterocycles. The average Bonchev–Trinajstić information content (AvgIpc) is 3.16. The van der Waals surface area contributed by atoms with Crippen LogP contribution in [-0.2, 0) is 9.84 Å². The van der Waals surface area contributed by atoms with E-state index in [0.717, 1.165) is 29.3 Å². The first-order chi connectivity index (χ1) is 12.6. The van der Waals surface area contributed by atoms with Crippen LogP contribution in [0.3, 0.4) is 0 Å². The predicted molar refractivity (Wildman–Crippen MR) is 100 cm³/mol. The number of fused-ring (bicyclic) bond motifs is 4. The summed E-state index contributed by atoms with van der Waals surface area (Å²) in [5, 5.41) is 5.11. The lowest BCUT2D eigenvalue weighted by Crippen LogP contribution is -2.35. The summed E-state index contributed by atoms with van der Waals surface area (Å²) in [6.45, 7) is 1.57. The van der Waals surface area contributed by atoms with Gasteiger partial charge in [-0.2, -0.15) is 0 Å². The summed E-state index contributed by atoms with van der Waals surface area (Å²) >= 11 is 0. The highest BCUT2D eigenvalue weighted by atomic mass is 32.2. The van der Waals surface area contributed by atoms with Crippen LogP contribution in [0.2, 0.25) is 0 Å². The van der Waals surface area contributed by atoms with E-state index in [1.807, 2.05) is 36.4 Å². The molecule has 2 atom stereocenters. The van der Waals surface area contributed by atoms with Crippen LogP contribution in [0.5, 0.6) is 5.75 Å². The highest BCUT2D eigenvalue weighted by molar-refractivity contribution is 7.91. The van der Waals surface area contributed by atoms with Crippen molar-refractivity contribution in [3.63, 3.8) is 0 Å². The Kier molecular flexibility index (Phi) is 3.55. The second-order valence-electron chi connectivity index (χ2n) is 6.95. The molecule has 26 heavy (non-hydrogen) atoms. The van der Waals surface area contributed by atoms with E-state index in [0.29, 0.717) is 29.2 Å². The second-order valence-corrected chi connectivity index (χ2v) is 8.87. The highest BCUT2D eigenvalue weighted by Crippen LogP contribution is 2.40. The Labute approximate surface area is 152 Å². The molecule has 0 radical (unpaired) electrons. The number of rotatable bonds is 2. The Balaban J connectivity index is 1.63. The maximum absolute atomic E-state index is 13.3. The smallest absolute Gasteiger partial charge is 0.207 e. The van der Waals surface area contributed by atoms with Crippen LogP contribution in [0.1, 0.15) is 17.9 Å². The van der Waals surface area contributed by atoms with Crippen molar-refractivity contribution >= 4 is 20.6 Å². The van der Waals surface area contributed by atoms with E-state index in [1.54, 1.807) is 24.3 Å². The van der Waals surface area contributed by atoms with Crippen molar-refractivity contribution in [2.75, 3.05) is 13.2 Å². The lowest BCUT2D eigenvalue weighted by Gasteiger charge is -2.28.